The van der Waals surface area contributed by atoms with Crippen LogP contribution in [-0.2, 0) is 16.6 Å². The molecule has 0 saturated heterocycles. The van der Waals surface area contributed by atoms with Gasteiger partial charge in [-0.2, -0.15) is 0 Å². The molecule has 0 amide bonds. The molecule has 2 N–H and O–H groups in total. The Hall–Kier alpha value is -1.92. The second-order valence-corrected chi connectivity index (χ2v) is 6.11. The third kappa shape index (κ3) is 2.97. The van der Waals surface area contributed by atoms with Gasteiger partial charge in [0, 0.05) is 5.69 Å². The van der Waals surface area contributed by atoms with Crippen LogP contribution < -0.4 is 4.72 Å². The molecule has 2 rings (SSSR count). The van der Waals surface area contributed by atoms with Crippen LogP contribution in [0, 0.1) is 13.8 Å². The normalized spacial score (nSPS) is 11.3. The first-order valence-electron chi connectivity index (χ1n) is 6.10. The van der Waals surface area contributed by atoms with Crippen molar-refractivity contribution in [3.8, 4) is 0 Å². The van der Waals surface area contributed by atoms with Crippen LogP contribution in [0.3, 0.4) is 0 Å². The minimum absolute atomic E-state index is 0.0717. The number of aryl methyl sites for hydroxylation is 2. The van der Waals surface area contributed by atoms with Crippen LogP contribution in [-0.4, -0.2) is 18.5 Å². The number of aliphatic hydroxyl groups is 1. The van der Waals surface area contributed by atoms with Gasteiger partial charge in [-0.05, 0) is 37.6 Å². The van der Waals surface area contributed by atoms with Crippen LogP contribution in [0.4, 0.5) is 5.69 Å². The quantitative estimate of drug-likeness (QED) is 0.903. The van der Waals surface area contributed by atoms with Crippen molar-refractivity contribution < 1.29 is 13.5 Å². The van der Waals surface area contributed by atoms with Crippen LogP contribution in [0.5, 0.6) is 0 Å². The Morgan fingerprint density at radius 2 is 1.85 bits per heavy atom. The topological polar surface area (TPSA) is 79.3 Å². The summed E-state index contributed by atoms with van der Waals surface area (Å²) in [5.41, 5.74) is 2.22. The van der Waals surface area contributed by atoms with E-state index in [2.05, 4.69) is 9.71 Å². The van der Waals surface area contributed by atoms with Gasteiger partial charge in [0.05, 0.1) is 22.9 Å². The summed E-state index contributed by atoms with van der Waals surface area (Å²) in [7, 11) is -3.74. The van der Waals surface area contributed by atoms with Gasteiger partial charge in [-0.15, -0.1) is 0 Å². The van der Waals surface area contributed by atoms with E-state index in [-0.39, 0.29) is 11.5 Å². The van der Waals surface area contributed by atoms with Gasteiger partial charge >= 0.3 is 0 Å². The van der Waals surface area contributed by atoms with Gasteiger partial charge < -0.3 is 5.11 Å². The molecule has 1 heterocycles. The van der Waals surface area contributed by atoms with Gasteiger partial charge in [0.25, 0.3) is 10.0 Å². The van der Waals surface area contributed by atoms with E-state index in [4.69, 9.17) is 0 Å². The number of pyridine rings is 1. The van der Waals surface area contributed by atoms with E-state index in [0.717, 1.165) is 5.69 Å². The third-order valence-corrected chi connectivity index (χ3v) is 4.37. The molecule has 0 aliphatic carbocycles. The molecule has 20 heavy (non-hydrogen) atoms. The number of aliphatic hydroxyl groups excluding tert-OH is 1. The lowest BCUT2D eigenvalue weighted by molar-refractivity contribution is 0.278. The van der Waals surface area contributed by atoms with Crippen molar-refractivity contribution in [2.24, 2.45) is 0 Å². The second-order valence-electron chi connectivity index (χ2n) is 4.46. The molecule has 6 heteroatoms. The summed E-state index contributed by atoms with van der Waals surface area (Å²) >= 11 is 0. The fourth-order valence-corrected chi connectivity index (χ4v) is 3.24. The highest BCUT2D eigenvalue weighted by molar-refractivity contribution is 7.92. The van der Waals surface area contributed by atoms with Gasteiger partial charge in [0.1, 0.15) is 0 Å². The lowest BCUT2D eigenvalue weighted by Crippen LogP contribution is -2.16. The predicted octanol–water partition coefficient (Wildman–Crippen LogP) is 1.99. The molecule has 106 valence electrons. The molecule has 0 spiro atoms. The fraction of sp³-hybridized carbons (Fsp3) is 0.214. The number of nitrogens with one attached hydrogen (secondary N) is 1. The van der Waals surface area contributed by atoms with Crippen molar-refractivity contribution in [2.75, 3.05) is 4.72 Å². The van der Waals surface area contributed by atoms with Crippen molar-refractivity contribution in [2.45, 2.75) is 25.3 Å². The zero-order chi connectivity index (χ0) is 14.8. The van der Waals surface area contributed by atoms with E-state index in [9.17, 15) is 13.5 Å². The van der Waals surface area contributed by atoms with E-state index in [1.807, 2.05) is 6.92 Å². The number of rotatable bonds is 4. The first-order valence-corrected chi connectivity index (χ1v) is 7.58. The Balaban J connectivity index is 2.41. The van der Waals surface area contributed by atoms with E-state index in [1.54, 1.807) is 37.3 Å². The average molecular weight is 292 g/mol. The molecule has 0 aliphatic heterocycles. The number of sulfonamides is 1. The number of nitrogens with zero attached hydrogens (tertiary/aromatic N) is 1. The molecule has 0 saturated carbocycles. The summed E-state index contributed by atoms with van der Waals surface area (Å²) in [6, 6.07) is 9.76. The predicted molar refractivity (Wildman–Crippen MR) is 76.9 cm³/mol. The highest BCUT2D eigenvalue weighted by Crippen LogP contribution is 2.21. The standard InChI is InChI=1S/C14H16N2O3S/c1-10-7-8-13(11(2)15-10)16-20(18,19)14-6-4-3-5-12(14)9-17/h3-8,16-17H,9H2,1-2H3. The maximum absolute atomic E-state index is 12.4. The molecule has 1 aromatic heterocycles. The molecule has 0 fully saturated rings. The van der Waals surface area contributed by atoms with Crippen LogP contribution in [0.2, 0.25) is 0 Å². The molecule has 1 aromatic carbocycles. The molecule has 5 nitrogen and oxygen atoms in total. The van der Waals surface area contributed by atoms with Crippen molar-refractivity contribution >= 4 is 15.7 Å². The maximum Gasteiger partial charge on any atom is 0.262 e. The molecular formula is C14H16N2O3S. The van der Waals surface area contributed by atoms with Gasteiger partial charge in [0.15, 0.2) is 0 Å². The molecular weight excluding hydrogens is 276 g/mol. The SMILES string of the molecule is Cc1ccc(NS(=O)(=O)c2ccccc2CO)c(C)n1. The Kier molecular flexibility index (Phi) is 4.06. The minimum Gasteiger partial charge on any atom is -0.392 e. The van der Waals surface area contributed by atoms with Crippen LogP contribution in [0.1, 0.15) is 17.0 Å². The second kappa shape index (κ2) is 5.60. The molecule has 0 radical (unpaired) electrons. The lowest BCUT2D eigenvalue weighted by Gasteiger charge is -2.12. The van der Waals surface area contributed by atoms with Crippen molar-refractivity contribution in [3.05, 3.63) is 53.3 Å². The molecule has 0 unspecified atom stereocenters. The smallest absolute Gasteiger partial charge is 0.262 e. The summed E-state index contributed by atoms with van der Waals surface area (Å²) in [6.45, 7) is 3.25. The van der Waals surface area contributed by atoms with Crippen molar-refractivity contribution in [1.29, 1.82) is 0 Å². The Morgan fingerprint density at radius 1 is 1.15 bits per heavy atom. The highest BCUT2D eigenvalue weighted by Gasteiger charge is 2.18. The zero-order valence-electron chi connectivity index (χ0n) is 11.3. The zero-order valence-corrected chi connectivity index (χ0v) is 12.1. The Labute approximate surface area is 118 Å². The minimum atomic E-state index is -3.74. The Morgan fingerprint density at radius 3 is 2.50 bits per heavy atom. The number of aromatic nitrogens is 1. The number of benzene rings is 1. The van der Waals surface area contributed by atoms with Gasteiger partial charge in [-0.1, -0.05) is 18.2 Å². The monoisotopic (exact) mass is 292 g/mol. The first-order chi connectivity index (χ1) is 9.44. The summed E-state index contributed by atoms with van der Waals surface area (Å²) in [5, 5.41) is 9.23. The summed E-state index contributed by atoms with van der Waals surface area (Å²) < 4.78 is 27.2. The molecule has 0 aliphatic rings. The Bertz CT molecular complexity index is 727. The molecule has 0 bridgehead atoms. The van der Waals surface area contributed by atoms with Gasteiger partial charge in [-0.3, -0.25) is 9.71 Å². The van der Waals surface area contributed by atoms with Crippen LogP contribution >= 0.6 is 0 Å². The highest BCUT2D eigenvalue weighted by atomic mass is 32.2. The average Bonchev–Trinajstić information content (AvgIpc) is 2.42. The fourth-order valence-electron chi connectivity index (χ4n) is 1.89. The maximum atomic E-state index is 12.4. The van der Waals surface area contributed by atoms with Crippen LogP contribution in [0.15, 0.2) is 41.3 Å². The first kappa shape index (κ1) is 14.5. The number of hydrogen-bond donors (Lipinski definition) is 2. The summed E-state index contributed by atoms with van der Waals surface area (Å²) in [6.07, 6.45) is 0. The number of hydrogen-bond acceptors (Lipinski definition) is 4. The lowest BCUT2D eigenvalue weighted by atomic mass is 10.2. The largest absolute Gasteiger partial charge is 0.392 e. The molecule has 0 atom stereocenters. The van der Waals surface area contributed by atoms with E-state index in [0.29, 0.717) is 16.9 Å². The van der Waals surface area contributed by atoms with Gasteiger partial charge in [-0.25, -0.2) is 8.42 Å². The van der Waals surface area contributed by atoms with Gasteiger partial charge in [0.2, 0.25) is 0 Å². The number of anilines is 1. The van der Waals surface area contributed by atoms with Crippen LogP contribution in [0.25, 0.3) is 0 Å². The van der Waals surface area contributed by atoms with E-state index < -0.39 is 10.0 Å². The van der Waals surface area contributed by atoms with E-state index >= 15 is 0 Å². The van der Waals surface area contributed by atoms with Crippen molar-refractivity contribution in [3.63, 3.8) is 0 Å². The summed E-state index contributed by atoms with van der Waals surface area (Å²) in [5.74, 6) is 0. The molecule has 2 aromatic rings. The third-order valence-electron chi connectivity index (χ3n) is 2.90. The summed E-state index contributed by atoms with van der Waals surface area (Å²) in [4.78, 5) is 4.29. The van der Waals surface area contributed by atoms with Crippen molar-refractivity contribution in [1.82, 2.24) is 4.98 Å². The van der Waals surface area contributed by atoms with E-state index in [1.165, 1.54) is 6.07 Å².